The Balaban J connectivity index is 1.41. The van der Waals surface area contributed by atoms with Crippen LogP contribution in [0, 0.1) is 23.7 Å². The monoisotopic (exact) mass is 624 g/mol. The topological polar surface area (TPSA) is 78.9 Å². The lowest BCUT2D eigenvalue weighted by Crippen LogP contribution is -2.48. The first-order chi connectivity index (χ1) is 20.6. The zero-order valence-corrected chi connectivity index (χ0v) is 27.0. The standard InChI is InChI=1S/C35H45ClN2O4S/c1-23-17-25(14-16-39)6-7-26-8-9-29(26)20-38-21-35(15-4-5-27-18-30(36)11-12-31(27)35)22-42-33-13-10-28(19-32(33)38)34(40)37-43(3,41)24(23)2/h6-7,10-13,18-19,23-26,29,39H,3-5,8-9,14-17,20-22H2,1-2H3,(H,37,40,41)/b7-6+/t23-,24+,25-,26+,29-,35-,43?/m0/s1. The van der Waals surface area contributed by atoms with E-state index in [-0.39, 0.29) is 35.0 Å². The van der Waals surface area contributed by atoms with E-state index in [9.17, 15) is 14.1 Å². The second kappa shape index (κ2) is 12.1. The van der Waals surface area contributed by atoms with Crippen molar-refractivity contribution in [2.24, 2.45) is 23.7 Å². The highest BCUT2D eigenvalue weighted by Crippen LogP contribution is 2.46. The molecule has 1 unspecified atom stereocenters. The van der Waals surface area contributed by atoms with Gasteiger partial charge in [0.05, 0.1) is 22.0 Å². The van der Waals surface area contributed by atoms with Crippen molar-refractivity contribution in [2.75, 3.05) is 31.2 Å². The van der Waals surface area contributed by atoms with E-state index < -0.39 is 9.71 Å². The minimum absolute atomic E-state index is 0.0528. The average molecular weight is 625 g/mol. The lowest BCUT2D eigenvalue weighted by atomic mass is 9.69. The van der Waals surface area contributed by atoms with E-state index >= 15 is 0 Å². The zero-order valence-electron chi connectivity index (χ0n) is 25.4. The highest BCUT2D eigenvalue weighted by molar-refractivity contribution is 7.99. The van der Waals surface area contributed by atoms with Gasteiger partial charge < -0.3 is 14.7 Å². The van der Waals surface area contributed by atoms with Crippen LogP contribution in [0.1, 0.15) is 73.9 Å². The number of allylic oxidation sites excluding steroid dienone is 2. The molecule has 0 aromatic heterocycles. The molecule has 2 aromatic carbocycles. The van der Waals surface area contributed by atoms with Crippen molar-refractivity contribution < 1.29 is 18.8 Å². The first-order valence-corrected chi connectivity index (χ1v) is 18.0. The summed E-state index contributed by atoms with van der Waals surface area (Å²) in [4.78, 5) is 16.0. The summed E-state index contributed by atoms with van der Waals surface area (Å²) in [7, 11) is -2.93. The van der Waals surface area contributed by atoms with Gasteiger partial charge in [-0.25, -0.2) is 4.21 Å². The summed E-state index contributed by atoms with van der Waals surface area (Å²) in [6, 6.07) is 11.9. The molecule has 2 aliphatic heterocycles. The number of nitrogens with zero attached hydrogens (tertiary/aromatic N) is 1. The van der Waals surface area contributed by atoms with E-state index in [1.54, 1.807) is 6.07 Å². The summed E-state index contributed by atoms with van der Waals surface area (Å²) in [6.45, 7) is 6.31. The van der Waals surface area contributed by atoms with Crippen LogP contribution in [0.5, 0.6) is 5.75 Å². The molecule has 6 rings (SSSR count). The van der Waals surface area contributed by atoms with E-state index in [2.05, 4.69) is 46.7 Å². The van der Waals surface area contributed by atoms with Crippen molar-refractivity contribution >= 4 is 38.8 Å². The molecule has 0 saturated heterocycles. The lowest BCUT2D eigenvalue weighted by molar-refractivity contribution is 0.0982. The molecule has 2 bridgehead atoms. The zero-order chi connectivity index (χ0) is 30.4. The number of ether oxygens (including phenoxy) is 1. The molecular weight excluding hydrogens is 580 g/mol. The summed E-state index contributed by atoms with van der Waals surface area (Å²) < 4.78 is 23.2. The third-order valence-electron chi connectivity index (χ3n) is 10.7. The molecule has 2 heterocycles. The van der Waals surface area contributed by atoms with Gasteiger partial charge in [-0.3, -0.25) is 9.52 Å². The number of fused-ring (bicyclic) bond motifs is 4. The van der Waals surface area contributed by atoms with E-state index in [1.807, 2.05) is 25.1 Å². The van der Waals surface area contributed by atoms with Crippen LogP contribution in [0.3, 0.4) is 0 Å². The normalized spacial score (nSPS) is 35.0. The average Bonchev–Trinajstić information content (AvgIpc) is 3.11. The van der Waals surface area contributed by atoms with Crippen LogP contribution in [0.2, 0.25) is 5.02 Å². The Hall–Kier alpha value is -2.48. The van der Waals surface area contributed by atoms with Crippen LogP contribution in [-0.4, -0.2) is 52.6 Å². The molecule has 1 amide bonds. The summed E-state index contributed by atoms with van der Waals surface area (Å²) >= 11 is 6.42. The molecule has 1 spiro atoms. The molecule has 2 aliphatic carbocycles. The van der Waals surface area contributed by atoms with Crippen LogP contribution in [-0.2, 0) is 21.5 Å². The number of hydrogen-bond acceptors (Lipinski definition) is 5. The summed E-state index contributed by atoms with van der Waals surface area (Å²) in [6.07, 6.45) is 11.5. The molecule has 4 aliphatic rings. The first-order valence-electron chi connectivity index (χ1n) is 15.9. The number of halogens is 1. The van der Waals surface area contributed by atoms with Gasteiger partial charge in [0.15, 0.2) is 0 Å². The molecule has 7 atom stereocenters. The van der Waals surface area contributed by atoms with Gasteiger partial charge in [-0.05, 0) is 123 Å². The largest absolute Gasteiger partial charge is 0.490 e. The third-order valence-corrected chi connectivity index (χ3v) is 13.1. The predicted octanol–water partition coefficient (Wildman–Crippen LogP) is 6.18. The van der Waals surface area contributed by atoms with Gasteiger partial charge in [-0.15, -0.1) is 0 Å². The fourth-order valence-electron chi connectivity index (χ4n) is 7.72. The van der Waals surface area contributed by atoms with E-state index in [0.29, 0.717) is 30.4 Å². The predicted molar refractivity (Wildman–Crippen MR) is 177 cm³/mol. The van der Waals surface area contributed by atoms with Gasteiger partial charge in [0.2, 0.25) is 0 Å². The van der Waals surface area contributed by atoms with Crippen LogP contribution in [0.25, 0.3) is 0 Å². The van der Waals surface area contributed by atoms with Crippen molar-refractivity contribution in [3.8, 4) is 5.75 Å². The van der Waals surface area contributed by atoms with Crippen LogP contribution in [0.15, 0.2) is 48.6 Å². The van der Waals surface area contributed by atoms with Gasteiger partial charge in [-0.1, -0.05) is 36.7 Å². The molecule has 232 valence electrons. The Morgan fingerprint density at radius 1 is 1.19 bits per heavy atom. The number of hydrogen-bond donors (Lipinski definition) is 2. The molecular formula is C35H45ClN2O4S. The molecule has 1 saturated carbocycles. The Labute approximate surface area is 262 Å². The molecule has 6 nitrogen and oxygen atoms in total. The maximum Gasteiger partial charge on any atom is 0.262 e. The summed E-state index contributed by atoms with van der Waals surface area (Å²) in [5.41, 5.74) is 3.82. The van der Waals surface area contributed by atoms with Crippen LogP contribution >= 0.6 is 11.6 Å². The Morgan fingerprint density at radius 2 is 2.02 bits per heavy atom. The molecule has 8 heteroatoms. The number of carbonyl (C=O) groups is 1. The minimum Gasteiger partial charge on any atom is -0.490 e. The second-order valence-corrected chi connectivity index (χ2v) is 16.4. The van der Waals surface area contributed by atoms with E-state index in [0.717, 1.165) is 68.1 Å². The molecule has 0 radical (unpaired) electrons. The maximum absolute atomic E-state index is 13.8. The lowest BCUT2D eigenvalue weighted by Gasteiger charge is -2.44. The smallest absolute Gasteiger partial charge is 0.262 e. The van der Waals surface area contributed by atoms with Crippen LogP contribution < -0.4 is 14.4 Å². The van der Waals surface area contributed by atoms with E-state index in [4.69, 9.17) is 16.3 Å². The first kappa shape index (κ1) is 30.5. The summed E-state index contributed by atoms with van der Waals surface area (Å²) in [5.74, 6) is 5.59. The number of nitrogens with one attached hydrogen (secondary N) is 1. The molecule has 43 heavy (non-hydrogen) atoms. The quantitative estimate of drug-likeness (QED) is 0.308. The summed E-state index contributed by atoms with van der Waals surface area (Å²) in [5, 5.41) is 10.2. The van der Waals surface area contributed by atoms with Gasteiger partial charge in [0, 0.05) is 40.9 Å². The molecule has 1 fully saturated rings. The fourth-order valence-corrected chi connectivity index (χ4v) is 9.40. The van der Waals surface area contributed by atoms with Gasteiger partial charge >= 0.3 is 0 Å². The highest BCUT2D eigenvalue weighted by Gasteiger charge is 2.43. The number of aliphatic hydroxyl groups is 1. The second-order valence-electron chi connectivity index (χ2n) is 13.5. The molecule has 2 N–H and O–H groups in total. The van der Waals surface area contributed by atoms with Crippen molar-refractivity contribution in [3.05, 3.63) is 70.3 Å². The van der Waals surface area contributed by atoms with Crippen molar-refractivity contribution in [1.29, 1.82) is 0 Å². The van der Waals surface area contributed by atoms with E-state index in [1.165, 1.54) is 11.1 Å². The van der Waals surface area contributed by atoms with Crippen molar-refractivity contribution in [3.63, 3.8) is 0 Å². The Morgan fingerprint density at radius 3 is 2.79 bits per heavy atom. The van der Waals surface area contributed by atoms with Crippen molar-refractivity contribution in [1.82, 2.24) is 4.72 Å². The third kappa shape index (κ3) is 6.10. The Bertz CT molecular complexity index is 1510. The maximum atomic E-state index is 13.8. The van der Waals surface area contributed by atoms with Crippen molar-refractivity contribution in [2.45, 2.75) is 69.5 Å². The van der Waals surface area contributed by atoms with Gasteiger partial charge in [-0.2, -0.15) is 0 Å². The number of rotatable bonds is 2. The molecule has 2 aromatic rings. The van der Waals surface area contributed by atoms with Crippen LogP contribution in [0.4, 0.5) is 5.69 Å². The minimum atomic E-state index is -2.93. The number of benzene rings is 2. The SMILES string of the molecule is C=S1(=O)NC(=O)c2ccc3c(c2)N(C[C@@H]2CC[C@H]2/C=C/[C@@H](CCO)C[C@H](C)[C@H]1C)C[C@@]1(CCCc2cc(Cl)ccc21)CO3. The van der Waals surface area contributed by atoms with Gasteiger partial charge in [0.1, 0.15) is 5.75 Å². The fraction of sp³-hybridized carbons (Fsp3) is 0.543. The number of aliphatic hydroxyl groups excluding tert-OH is 1. The van der Waals surface area contributed by atoms with Gasteiger partial charge in [0.25, 0.3) is 5.91 Å². The number of anilines is 1. The Kier molecular flexibility index (Phi) is 8.62. The number of amides is 1. The highest BCUT2D eigenvalue weighted by atomic mass is 35.5. The number of carbonyl (C=O) groups excluding carboxylic acids is 1. The number of aryl methyl sites for hydroxylation is 1.